The molecule has 0 spiro atoms. The molecule has 0 bridgehead atoms. The Kier molecular flexibility index (Phi) is 5.38. The van der Waals surface area contributed by atoms with Crippen LogP contribution in [0.5, 0.6) is 0 Å². The third-order valence-electron chi connectivity index (χ3n) is 1.93. The van der Waals surface area contributed by atoms with E-state index in [1.807, 2.05) is 0 Å². The molecule has 0 heterocycles. The van der Waals surface area contributed by atoms with Gasteiger partial charge in [-0.05, 0) is 18.2 Å². The van der Waals surface area contributed by atoms with Crippen LogP contribution < -0.4 is 5.73 Å². The maximum atomic E-state index is 12.8. The fourth-order valence-corrected chi connectivity index (χ4v) is 1.11. The van der Waals surface area contributed by atoms with Gasteiger partial charge in [-0.25, -0.2) is 9.18 Å². The maximum absolute atomic E-state index is 12.8. The summed E-state index contributed by atoms with van der Waals surface area (Å²) < 4.78 is 22.6. The van der Waals surface area contributed by atoms with Crippen LogP contribution in [0.15, 0.2) is 18.2 Å². The first-order valence-electron chi connectivity index (χ1n) is 5.06. The predicted octanol–water partition coefficient (Wildman–Crippen LogP) is 0.574. The highest BCUT2D eigenvalue weighted by Gasteiger charge is 2.09. The van der Waals surface area contributed by atoms with E-state index >= 15 is 0 Å². The van der Waals surface area contributed by atoms with Crippen molar-refractivity contribution in [2.45, 2.75) is 0 Å². The number of hydrogen-bond donors (Lipinski definition) is 2. The zero-order valence-electron chi connectivity index (χ0n) is 9.19. The number of ether oxygens (including phenoxy) is 2. The van der Waals surface area contributed by atoms with Gasteiger partial charge in [-0.3, -0.25) is 0 Å². The summed E-state index contributed by atoms with van der Waals surface area (Å²) in [5.41, 5.74) is 5.40. The smallest absolute Gasteiger partial charge is 0.338 e. The third kappa shape index (κ3) is 4.38. The van der Waals surface area contributed by atoms with E-state index in [0.717, 1.165) is 6.07 Å². The molecule has 0 aliphatic rings. The number of rotatable bonds is 6. The molecule has 0 atom stereocenters. The van der Waals surface area contributed by atoms with Crippen molar-refractivity contribution in [2.24, 2.45) is 0 Å². The number of carbonyl (C=O) groups excluding carboxylic acids is 1. The second-order valence-corrected chi connectivity index (χ2v) is 3.21. The van der Waals surface area contributed by atoms with Crippen molar-refractivity contribution < 1.29 is 23.8 Å². The van der Waals surface area contributed by atoms with Crippen molar-refractivity contribution in [3.8, 4) is 0 Å². The minimum atomic E-state index is -0.593. The molecule has 3 N–H and O–H groups in total. The Labute approximate surface area is 97.9 Å². The Bertz CT molecular complexity index is 384. The summed E-state index contributed by atoms with van der Waals surface area (Å²) in [4.78, 5) is 11.4. The Morgan fingerprint density at radius 3 is 2.76 bits per heavy atom. The van der Waals surface area contributed by atoms with E-state index in [9.17, 15) is 9.18 Å². The zero-order chi connectivity index (χ0) is 12.7. The number of halogens is 1. The number of esters is 1. The molecule has 6 heteroatoms. The molecular weight excluding hydrogens is 229 g/mol. The fourth-order valence-electron chi connectivity index (χ4n) is 1.11. The van der Waals surface area contributed by atoms with Gasteiger partial charge in [0.1, 0.15) is 12.4 Å². The van der Waals surface area contributed by atoms with Gasteiger partial charge in [0.2, 0.25) is 0 Å². The van der Waals surface area contributed by atoms with Crippen LogP contribution >= 0.6 is 0 Å². The molecular formula is C11H14FNO4. The minimum Gasteiger partial charge on any atom is -0.460 e. The van der Waals surface area contributed by atoms with Crippen molar-refractivity contribution in [3.05, 3.63) is 29.6 Å². The van der Waals surface area contributed by atoms with Gasteiger partial charge in [-0.1, -0.05) is 0 Å². The average molecular weight is 243 g/mol. The first-order chi connectivity index (χ1) is 8.15. The third-order valence-corrected chi connectivity index (χ3v) is 1.93. The lowest BCUT2D eigenvalue weighted by molar-refractivity contribution is 0.0258. The second-order valence-electron chi connectivity index (χ2n) is 3.21. The maximum Gasteiger partial charge on any atom is 0.338 e. The van der Waals surface area contributed by atoms with Crippen molar-refractivity contribution in [3.63, 3.8) is 0 Å². The van der Waals surface area contributed by atoms with Crippen molar-refractivity contribution in [1.29, 1.82) is 0 Å². The van der Waals surface area contributed by atoms with Crippen molar-refractivity contribution in [2.75, 3.05) is 32.2 Å². The van der Waals surface area contributed by atoms with Gasteiger partial charge < -0.3 is 20.3 Å². The van der Waals surface area contributed by atoms with Crippen LogP contribution in [0.25, 0.3) is 0 Å². The number of nitrogens with two attached hydrogens (primary N) is 1. The van der Waals surface area contributed by atoms with Crippen molar-refractivity contribution in [1.82, 2.24) is 0 Å². The summed E-state index contributed by atoms with van der Waals surface area (Å²) in [6.07, 6.45) is 0. The van der Waals surface area contributed by atoms with Crippen LogP contribution in [0.3, 0.4) is 0 Å². The molecule has 17 heavy (non-hydrogen) atoms. The first-order valence-corrected chi connectivity index (χ1v) is 5.06. The summed E-state index contributed by atoms with van der Waals surface area (Å²) in [7, 11) is 0. The van der Waals surface area contributed by atoms with Gasteiger partial charge in [-0.15, -0.1) is 0 Å². The monoisotopic (exact) mass is 243 g/mol. The number of benzene rings is 1. The van der Waals surface area contributed by atoms with E-state index < -0.39 is 11.8 Å². The zero-order valence-corrected chi connectivity index (χ0v) is 9.19. The Hall–Kier alpha value is -1.66. The molecule has 0 amide bonds. The quantitative estimate of drug-likeness (QED) is 0.434. The Morgan fingerprint density at radius 2 is 2.12 bits per heavy atom. The van der Waals surface area contributed by atoms with Crippen LogP contribution in [0.4, 0.5) is 10.1 Å². The van der Waals surface area contributed by atoms with E-state index in [4.69, 9.17) is 20.3 Å². The van der Waals surface area contributed by atoms with Gasteiger partial charge in [-0.2, -0.15) is 0 Å². The van der Waals surface area contributed by atoms with Gasteiger partial charge in [0.05, 0.1) is 31.1 Å². The lowest BCUT2D eigenvalue weighted by Gasteiger charge is -2.06. The molecule has 1 rings (SSSR count). The number of aliphatic hydroxyl groups is 1. The first kappa shape index (κ1) is 13.4. The molecule has 0 aromatic heterocycles. The Balaban J connectivity index is 2.39. The van der Waals surface area contributed by atoms with Gasteiger partial charge >= 0.3 is 5.97 Å². The van der Waals surface area contributed by atoms with Crippen LogP contribution in [0, 0.1) is 5.82 Å². The fraction of sp³-hybridized carbons (Fsp3) is 0.364. The van der Waals surface area contributed by atoms with E-state index in [1.54, 1.807) is 0 Å². The molecule has 0 saturated carbocycles. The normalized spacial score (nSPS) is 10.2. The molecule has 5 nitrogen and oxygen atoms in total. The topological polar surface area (TPSA) is 81.8 Å². The summed E-state index contributed by atoms with van der Waals surface area (Å²) in [5.74, 6) is -1.17. The molecule has 0 fully saturated rings. The highest BCUT2D eigenvalue weighted by atomic mass is 19.1. The number of hydrogen-bond acceptors (Lipinski definition) is 5. The lowest BCUT2D eigenvalue weighted by atomic mass is 10.2. The van der Waals surface area contributed by atoms with E-state index in [2.05, 4.69) is 0 Å². The summed E-state index contributed by atoms with van der Waals surface area (Å²) in [5, 5.41) is 8.43. The predicted molar refractivity (Wildman–Crippen MR) is 59.0 cm³/mol. The Morgan fingerprint density at radius 1 is 1.35 bits per heavy atom. The molecule has 0 aliphatic carbocycles. The second kappa shape index (κ2) is 6.82. The highest BCUT2D eigenvalue weighted by molar-refractivity contribution is 5.90. The molecule has 0 aliphatic heterocycles. The average Bonchev–Trinajstić information content (AvgIpc) is 2.32. The molecule has 0 unspecified atom stereocenters. The SMILES string of the molecule is Nc1cc(C(=O)OCCOCCO)ccc1F. The standard InChI is InChI=1S/C11H14FNO4/c12-9-2-1-8(7-10(9)13)11(15)17-6-5-16-4-3-14/h1-2,7,14H,3-6,13H2. The van der Waals surface area contributed by atoms with Gasteiger partial charge in [0, 0.05) is 0 Å². The van der Waals surface area contributed by atoms with Crippen LogP contribution in [-0.4, -0.2) is 37.5 Å². The molecule has 1 aromatic rings. The molecule has 0 saturated heterocycles. The molecule has 1 aromatic carbocycles. The minimum absolute atomic E-state index is 0.0656. The largest absolute Gasteiger partial charge is 0.460 e. The molecule has 94 valence electrons. The number of nitrogen functional groups attached to an aromatic ring is 1. The van der Waals surface area contributed by atoms with E-state index in [0.29, 0.717) is 0 Å². The summed E-state index contributed by atoms with van der Waals surface area (Å²) in [6, 6.07) is 3.61. The number of anilines is 1. The number of carbonyl (C=O) groups is 1. The summed E-state index contributed by atoms with van der Waals surface area (Å²) in [6.45, 7) is 0.378. The lowest BCUT2D eigenvalue weighted by Crippen LogP contribution is -2.12. The number of aliphatic hydroxyl groups excluding tert-OH is 1. The molecule has 0 radical (unpaired) electrons. The van der Waals surface area contributed by atoms with Crippen LogP contribution in [-0.2, 0) is 9.47 Å². The van der Waals surface area contributed by atoms with Crippen LogP contribution in [0.1, 0.15) is 10.4 Å². The van der Waals surface area contributed by atoms with Crippen molar-refractivity contribution >= 4 is 11.7 Å². The van der Waals surface area contributed by atoms with Gasteiger partial charge in [0.25, 0.3) is 0 Å². The summed E-state index contributed by atoms with van der Waals surface area (Å²) >= 11 is 0. The van der Waals surface area contributed by atoms with Gasteiger partial charge in [0.15, 0.2) is 0 Å². The van der Waals surface area contributed by atoms with E-state index in [-0.39, 0.29) is 37.7 Å². The highest BCUT2D eigenvalue weighted by Crippen LogP contribution is 2.12. The van der Waals surface area contributed by atoms with E-state index in [1.165, 1.54) is 12.1 Å². The van der Waals surface area contributed by atoms with Crippen LogP contribution in [0.2, 0.25) is 0 Å².